The maximum absolute atomic E-state index is 13.0. The zero-order valence-corrected chi connectivity index (χ0v) is 11.3. The minimum Gasteiger partial charge on any atom is -0.380 e. The van der Waals surface area contributed by atoms with Crippen LogP contribution in [-0.2, 0) is 20.5 Å². The minimum absolute atomic E-state index is 0.0833. The van der Waals surface area contributed by atoms with Crippen molar-refractivity contribution >= 4 is 10.0 Å². The Morgan fingerprint density at radius 3 is 2.32 bits per heavy atom. The van der Waals surface area contributed by atoms with Gasteiger partial charge in [-0.05, 0) is 17.7 Å². The Kier molecular flexibility index (Phi) is 3.89. The molecule has 0 aliphatic carbocycles. The molecule has 1 fully saturated rings. The highest BCUT2D eigenvalue weighted by Gasteiger charge is 2.34. The third-order valence-corrected chi connectivity index (χ3v) is 4.20. The molecule has 7 heteroatoms. The van der Waals surface area contributed by atoms with Gasteiger partial charge in [-0.15, -0.1) is 0 Å². The van der Waals surface area contributed by atoms with E-state index in [9.17, 15) is 17.2 Å². The molecular weight excluding hydrogens is 276 g/mol. The summed E-state index contributed by atoms with van der Waals surface area (Å²) in [5.74, 6) is -2.02. The van der Waals surface area contributed by atoms with Crippen LogP contribution in [0, 0.1) is 17.0 Å². The van der Waals surface area contributed by atoms with E-state index >= 15 is 0 Å². The third-order valence-electron chi connectivity index (χ3n) is 2.90. The standard InChI is InChI=1S/C12H15F2NO3S/c1-12(7-18-8-12)6-15-19(16,17)5-9-2-10(13)4-11(14)3-9/h2-4,15H,5-8H2,1H3. The summed E-state index contributed by atoms with van der Waals surface area (Å²) in [7, 11) is -3.62. The van der Waals surface area contributed by atoms with Gasteiger partial charge in [0.05, 0.1) is 19.0 Å². The highest BCUT2D eigenvalue weighted by molar-refractivity contribution is 7.88. The van der Waals surface area contributed by atoms with Gasteiger partial charge < -0.3 is 4.74 Å². The van der Waals surface area contributed by atoms with Crippen LogP contribution in [0.4, 0.5) is 8.78 Å². The molecule has 1 aromatic carbocycles. The lowest BCUT2D eigenvalue weighted by atomic mass is 9.89. The van der Waals surface area contributed by atoms with Gasteiger partial charge in [0.25, 0.3) is 0 Å². The molecule has 1 aliphatic heterocycles. The van der Waals surface area contributed by atoms with Crippen LogP contribution in [0.3, 0.4) is 0 Å². The average Bonchev–Trinajstić information content (AvgIpc) is 2.21. The molecule has 0 saturated carbocycles. The number of sulfonamides is 1. The molecule has 4 nitrogen and oxygen atoms in total. The summed E-state index contributed by atoms with van der Waals surface area (Å²) in [5.41, 5.74) is -0.111. The molecule has 1 saturated heterocycles. The molecule has 1 heterocycles. The van der Waals surface area contributed by atoms with Crippen molar-refractivity contribution < 1.29 is 21.9 Å². The molecule has 0 unspecified atom stereocenters. The van der Waals surface area contributed by atoms with Crippen molar-refractivity contribution in [1.29, 1.82) is 0 Å². The summed E-state index contributed by atoms with van der Waals surface area (Å²) < 4.78 is 57.0. The van der Waals surface area contributed by atoms with Gasteiger partial charge in [-0.3, -0.25) is 0 Å². The van der Waals surface area contributed by atoms with Gasteiger partial charge in [0.2, 0.25) is 10.0 Å². The van der Waals surface area contributed by atoms with Gasteiger partial charge in [-0.2, -0.15) is 0 Å². The van der Waals surface area contributed by atoms with Crippen molar-refractivity contribution in [2.45, 2.75) is 12.7 Å². The number of nitrogens with one attached hydrogen (secondary N) is 1. The van der Waals surface area contributed by atoms with Crippen molar-refractivity contribution in [3.8, 4) is 0 Å². The Balaban J connectivity index is 2.00. The first-order valence-corrected chi connectivity index (χ1v) is 7.43. The van der Waals surface area contributed by atoms with Crippen molar-refractivity contribution in [2.75, 3.05) is 19.8 Å². The number of rotatable bonds is 5. The number of hydrogen-bond donors (Lipinski definition) is 1. The van der Waals surface area contributed by atoms with Crippen LogP contribution in [-0.4, -0.2) is 28.2 Å². The summed E-state index contributed by atoms with van der Waals surface area (Å²) >= 11 is 0. The molecule has 1 aromatic rings. The molecule has 0 bridgehead atoms. The van der Waals surface area contributed by atoms with Crippen LogP contribution in [0.1, 0.15) is 12.5 Å². The lowest BCUT2D eigenvalue weighted by molar-refractivity contribution is -0.0965. The topological polar surface area (TPSA) is 55.4 Å². The van der Waals surface area contributed by atoms with Gasteiger partial charge in [-0.25, -0.2) is 21.9 Å². The van der Waals surface area contributed by atoms with E-state index in [-0.39, 0.29) is 17.5 Å². The summed E-state index contributed by atoms with van der Waals surface area (Å²) in [5, 5.41) is 0. The number of halogens is 2. The summed E-state index contributed by atoms with van der Waals surface area (Å²) in [4.78, 5) is 0. The molecule has 0 atom stereocenters. The van der Waals surface area contributed by atoms with Crippen molar-refractivity contribution in [3.63, 3.8) is 0 Å². The molecule has 1 N–H and O–H groups in total. The second-order valence-electron chi connectivity index (χ2n) is 5.16. The summed E-state index contributed by atoms with van der Waals surface area (Å²) in [6, 6.07) is 2.73. The van der Waals surface area contributed by atoms with Gasteiger partial charge in [0, 0.05) is 18.0 Å². The van der Waals surface area contributed by atoms with Gasteiger partial charge >= 0.3 is 0 Å². The van der Waals surface area contributed by atoms with Crippen molar-refractivity contribution in [2.24, 2.45) is 5.41 Å². The van der Waals surface area contributed by atoms with E-state index in [1.54, 1.807) is 0 Å². The van der Waals surface area contributed by atoms with E-state index in [0.717, 1.165) is 12.1 Å². The zero-order valence-electron chi connectivity index (χ0n) is 10.4. The maximum atomic E-state index is 13.0. The lowest BCUT2D eigenvalue weighted by Crippen LogP contribution is -2.48. The summed E-state index contributed by atoms with van der Waals surface area (Å²) in [6.07, 6.45) is 0. The largest absolute Gasteiger partial charge is 0.380 e. The number of benzene rings is 1. The van der Waals surface area contributed by atoms with Crippen LogP contribution >= 0.6 is 0 Å². The van der Waals surface area contributed by atoms with E-state index < -0.39 is 27.4 Å². The second kappa shape index (κ2) is 5.15. The van der Waals surface area contributed by atoms with Crippen molar-refractivity contribution in [3.05, 3.63) is 35.4 Å². The van der Waals surface area contributed by atoms with Crippen LogP contribution in [0.2, 0.25) is 0 Å². The SMILES string of the molecule is CC1(CNS(=O)(=O)Cc2cc(F)cc(F)c2)COC1. The Bertz CT molecular complexity index is 550. The van der Waals surface area contributed by atoms with E-state index in [0.29, 0.717) is 19.3 Å². The smallest absolute Gasteiger partial charge is 0.215 e. The minimum atomic E-state index is -3.62. The van der Waals surface area contributed by atoms with Crippen molar-refractivity contribution in [1.82, 2.24) is 4.72 Å². The van der Waals surface area contributed by atoms with E-state index in [4.69, 9.17) is 4.74 Å². The van der Waals surface area contributed by atoms with Crippen LogP contribution in [0.5, 0.6) is 0 Å². The monoisotopic (exact) mass is 291 g/mol. The van der Waals surface area contributed by atoms with Gasteiger partial charge in [0.1, 0.15) is 11.6 Å². The Morgan fingerprint density at radius 2 is 1.84 bits per heavy atom. The molecule has 1 aliphatic rings. The quantitative estimate of drug-likeness (QED) is 0.892. The zero-order chi connectivity index (χ0) is 14.1. The van der Waals surface area contributed by atoms with Crippen LogP contribution in [0.25, 0.3) is 0 Å². The fourth-order valence-electron chi connectivity index (χ4n) is 1.80. The Hall–Kier alpha value is -1.05. The summed E-state index contributed by atoms with van der Waals surface area (Å²) in [6.45, 7) is 3.17. The first-order chi connectivity index (χ1) is 8.78. The Labute approximate surface area is 110 Å². The predicted octanol–water partition coefficient (Wildman–Crippen LogP) is 1.42. The molecule has 19 heavy (non-hydrogen) atoms. The van der Waals surface area contributed by atoms with E-state index in [2.05, 4.69) is 4.72 Å². The van der Waals surface area contributed by atoms with E-state index in [1.165, 1.54) is 0 Å². The lowest BCUT2D eigenvalue weighted by Gasteiger charge is -2.37. The number of hydrogen-bond acceptors (Lipinski definition) is 3. The maximum Gasteiger partial charge on any atom is 0.215 e. The van der Waals surface area contributed by atoms with E-state index in [1.807, 2.05) is 6.92 Å². The van der Waals surface area contributed by atoms with Crippen LogP contribution in [0.15, 0.2) is 18.2 Å². The molecule has 0 aromatic heterocycles. The highest BCUT2D eigenvalue weighted by Crippen LogP contribution is 2.25. The molecule has 0 radical (unpaired) electrons. The predicted molar refractivity (Wildman–Crippen MR) is 65.9 cm³/mol. The van der Waals surface area contributed by atoms with Gasteiger partial charge in [0.15, 0.2) is 0 Å². The Morgan fingerprint density at radius 1 is 1.26 bits per heavy atom. The average molecular weight is 291 g/mol. The fraction of sp³-hybridized carbons (Fsp3) is 0.500. The highest BCUT2D eigenvalue weighted by atomic mass is 32.2. The first kappa shape index (κ1) is 14.4. The molecular formula is C12H15F2NO3S. The molecule has 0 amide bonds. The fourth-order valence-corrected chi connectivity index (χ4v) is 3.08. The van der Waals surface area contributed by atoms with Gasteiger partial charge in [-0.1, -0.05) is 6.92 Å². The van der Waals surface area contributed by atoms with Crippen LogP contribution < -0.4 is 4.72 Å². The normalized spacial score (nSPS) is 18.1. The molecule has 2 rings (SSSR count). The first-order valence-electron chi connectivity index (χ1n) is 5.78. The third kappa shape index (κ3) is 3.95. The number of ether oxygens (including phenoxy) is 1. The second-order valence-corrected chi connectivity index (χ2v) is 6.97. The molecule has 0 spiro atoms. The molecule has 106 valence electrons.